The molecular weight excluding hydrogens is 292 g/mol. The van der Waals surface area contributed by atoms with Crippen molar-refractivity contribution in [1.29, 1.82) is 0 Å². The van der Waals surface area contributed by atoms with Gasteiger partial charge in [-0.1, -0.05) is 31.4 Å². The van der Waals surface area contributed by atoms with Crippen molar-refractivity contribution in [3.8, 4) is 0 Å². The molecule has 0 spiro atoms. The lowest BCUT2D eigenvalue weighted by Crippen LogP contribution is -2.43. The molecule has 1 atom stereocenters. The predicted octanol–water partition coefficient (Wildman–Crippen LogP) is 2.39. The van der Waals surface area contributed by atoms with Crippen molar-refractivity contribution in [2.24, 2.45) is 11.7 Å². The minimum Gasteiger partial charge on any atom is -0.380 e. The van der Waals surface area contributed by atoms with Gasteiger partial charge in [-0.15, -0.1) is 0 Å². The van der Waals surface area contributed by atoms with Crippen LogP contribution in [0.2, 0.25) is 0 Å². The minimum atomic E-state index is -0.365. The summed E-state index contributed by atoms with van der Waals surface area (Å²) in [6.07, 6.45) is 5.84. The number of nitrogens with one attached hydrogen (secondary N) is 1. The fraction of sp³-hybridized carbons (Fsp3) is 0.556. The van der Waals surface area contributed by atoms with E-state index in [9.17, 15) is 9.59 Å². The van der Waals surface area contributed by atoms with Gasteiger partial charge in [0.1, 0.15) is 0 Å². The van der Waals surface area contributed by atoms with E-state index in [1.54, 1.807) is 19.2 Å². The van der Waals surface area contributed by atoms with Crippen LogP contribution in [0.15, 0.2) is 24.3 Å². The summed E-state index contributed by atoms with van der Waals surface area (Å²) < 4.78 is 5.06. The molecule has 1 fully saturated rings. The summed E-state index contributed by atoms with van der Waals surface area (Å²) >= 11 is 0. The summed E-state index contributed by atoms with van der Waals surface area (Å²) in [6.45, 7) is 0.522. The van der Waals surface area contributed by atoms with Gasteiger partial charge < -0.3 is 15.8 Å². The molecule has 0 radical (unpaired) electrons. The van der Waals surface area contributed by atoms with Crippen molar-refractivity contribution in [2.75, 3.05) is 7.11 Å². The highest BCUT2D eigenvalue weighted by Gasteiger charge is 2.26. The maximum atomic E-state index is 12.5. The van der Waals surface area contributed by atoms with Gasteiger partial charge in [0.2, 0.25) is 5.91 Å². The van der Waals surface area contributed by atoms with E-state index in [0.29, 0.717) is 18.1 Å². The van der Waals surface area contributed by atoms with Gasteiger partial charge in [-0.05, 0) is 36.5 Å². The number of benzene rings is 1. The van der Waals surface area contributed by atoms with Gasteiger partial charge in [0.05, 0.1) is 6.61 Å². The second kappa shape index (κ2) is 8.67. The second-order valence-corrected chi connectivity index (χ2v) is 6.28. The molecular formula is C18H26N2O3. The van der Waals surface area contributed by atoms with Crippen molar-refractivity contribution < 1.29 is 14.3 Å². The first-order chi connectivity index (χ1) is 11.1. The average molecular weight is 318 g/mol. The Morgan fingerprint density at radius 3 is 2.43 bits per heavy atom. The van der Waals surface area contributed by atoms with Gasteiger partial charge in [-0.3, -0.25) is 9.59 Å². The van der Waals surface area contributed by atoms with Gasteiger partial charge in [-0.25, -0.2) is 0 Å². The molecule has 1 aromatic rings. The van der Waals surface area contributed by atoms with E-state index in [-0.39, 0.29) is 24.3 Å². The number of hydrogen-bond donors (Lipinski definition) is 2. The van der Waals surface area contributed by atoms with Crippen molar-refractivity contribution in [2.45, 2.75) is 51.2 Å². The lowest BCUT2D eigenvalue weighted by atomic mass is 9.82. The van der Waals surface area contributed by atoms with E-state index in [2.05, 4.69) is 5.32 Å². The molecule has 5 nitrogen and oxygen atoms in total. The van der Waals surface area contributed by atoms with Crippen molar-refractivity contribution in [1.82, 2.24) is 5.32 Å². The van der Waals surface area contributed by atoms with E-state index in [0.717, 1.165) is 31.2 Å². The minimum absolute atomic E-state index is 0.147. The zero-order valence-electron chi connectivity index (χ0n) is 13.7. The fourth-order valence-electron chi connectivity index (χ4n) is 3.26. The highest BCUT2D eigenvalue weighted by molar-refractivity contribution is 5.94. The molecule has 0 heterocycles. The number of rotatable bonds is 7. The van der Waals surface area contributed by atoms with E-state index >= 15 is 0 Å². The first kappa shape index (κ1) is 17.5. The molecule has 5 heteroatoms. The number of primary amides is 1. The molecule has 126 valence electrons. The third kappa shape index (κ3) is 5.36. The van der Waals surface area contributed by atoms with E-state index in [1.165, 1.54) is 6.42 Å². The molecule has 2 rings (SSSR count). The highest BCUT2D eigenvalue weighted by Crippen LogP contribution is 2.28. The van der Waals surface area contributed by atoms with Gasteiger partial charge >= 0.3 is 0 Å². The number of carbonyl (C=O) groups is 2. The average Bonchev–Trinajstić information content (AvgIpc) is 2.55. The van der Waals surface area contributed by atoms with Crippen LogP contribution in [0, 0.1) is 5.92 Å². The Kier molecular flexibility index (Phi) is 6.59. The first-order valence-electron chi connectivity index (χ1n) is 8.27. The molecule has 2 amide bonds. The molecule has 23 heavy (non-hydrogen) atoms. The van der Waals surface area contributed by atoms with Crippen LogP contribution in [0.4, 0.5) is 0 Å². The number of amides is 2. The van der Waals surface area contributed by atoms with Crippen molar-refractivity contribution in [3.05, 3.63) is 35.4 Å². The molecule has 1 aliphatic carbocycles. The largest absolute Gasteiger partial charge is 0.380 e. The summed E-state index contributed by atoms with van der Waals surface area (Å²) in [4.78, 5) is 23.8. The molecule has 0 unspecified atom stereocenters. The number of methoxy groups -OCH3 is 1. The number of nitrogens with two attached hydrogens (primary N) is 1. The lowest BCUT2D eigenvalue weighted by Gasteiger charge is -2.30. The zero-order valence-corrected chi connectivity index (χ0v) is 13.7. The van der Waals surface area contributed by atoms with E-state index < -0.39 is 0 Å². The van der Waals surface area contributed by atoms with Crippen molar-refractivity contribution in [3.63, 3.8) is 0 Å². The van der Waals surface area contributed by atoms with Crippen LogP contribution < -0.4 is 11.1 Å². The zero-order chi connectivity index (χ0) is 16.7. The Hall–Kier alpha value is -1.88. The van der Waals surface area contributed by atoms with E-state index in [1.807, 2.05) is 12.1 Å². The third-order valence-corrected chi connectivity index (χ3v) is 4.48. The topological polar surface area (TPSA) is 81.4 Å². The molecule has 0 aromatic heterocycles. The molecule has 3 N–H and O–H groups in total. The summed E-state index contributed by atoms with van der Waals surface area (Å²) in [6, 6.07) is 7.15. The van der Waals surface area contributed by atoms with E-state index in [4.69, 9.17) is 10.5 Å². The fourth-order valence-corrected chi connectivity index (χ4v) is 3.26. The molecule has 1 aromatic carbocycles. The second-order valence-electron chi connectivity index (χ2n) is 6.28. The third-order valence-electron chi connectivity index (χ3n) is 4.48. The van der Waals surface area contributed by atoms with Gasteiger partial charge in [0.25, 0.3) is 5.91 Å². The molecule has 1 saturated carbocycles. The Morgan fingerprint density at radius 1 is 1.22 bits per heavy atom. The van der Waals surface area contributed by atoms with Gasteiger partial charge in [0, 0.05) is 25.1 Å². The van der Waals surface area contributed by atoms with Crippen LogP contribution in [0.3, 0.4) is 0 Å². The Morgan fingerprint density at radius 2 is 1.87 bits per heavy atom. The summed E-state index contributed by atoms with van der Waals surface area (Å²) in [5.41, 5.74) is 6.97. The Balaban J connectivity index is 2.02. The Bertz CT molecular complexity index is 522. The van der Waals surface area contributed by atoms with Gasteiger partial charge in [0.15, 0.2) is 0 Å². The van der Waals surface area contributed by atoms with Crippen LogP contribution >= 0.6 is 0 Å². The molecule has 0 aliphatic heterocycles. The van der Waals surface area contributed by atoms with Crippen molar-refractivity contribution >= 4 is 11.8 Å². The number of carbonyl (C=O) groups excluding carboxylic acids is 2. The van der Waals surface area contributed by atoms with Crippen LogP contribution in [0.1, 0.15) is 54.4 Å². The van der Waals surface area contributed by atoms with Gasteiger partial charge in [-0.2, -0.15) is 0 Å². The summed E-state index contributed by atoms with van der Waals surface area (Å²) in [5, 5.41) is 3.01. The first-order valence-corrected chi connectivity index (χ1v) is 8.27. The number of hydrogen-bond acceptors (Lipinski definition) is 3. The number of ether oxygens (including phenoxy) is 1. The summed E-state index contributed by atoms with van der Waals surface area (Å²) in [5.74, 6) is -0.171. The van der Waals surface area contributed by atoms with Crippen LogP contribution in [0.5, 0.6) is 0 Å². The Labute approximate surface area is 137 Å². The maximum absolute atomic E-state index is 12.5. The molecule has 1 aliphatic rings. The highest BCUT2D eigenvalue weighted by atomic mass is 16.5. The molecule has 0 bridgehead atoms. The quantitative estimate of drug-likeness (QED) is 0.810. The molecule has 0 saturated heterocycles. The standard InChI is InChI=1S/C18H26N2O3/c1-23-12-13-7-9-15(10-8-13)18(22)20-16(11-17(19)21)14-5-3-2-4-6-14/h7-10,14,16H,2-6,11-12H2,1H3,(H2,19,21)(H,20,22)/t16-/m1/s1. The summed E-state index contributed by atoms with van der Waals surface area (Å²) in [7, 11) is 1.64. The van der Waals surface area contributed by atoms with Crippen LogP contribution in [0.25, 0.3) is 0 Å². The smallest absolute Gasteiger partial charge is 0.251 e. The monoisotopic (exact) mass is 318 g/mol. The van der Waals surface area contributed by atoms with Crippen LogP contribution in [-0.2, 0) is 16.1 Å². The predicted molar refractivity (Wildman–Crippen MR) is 88.8 cm³/mol. The normalized spacial score (nSPS) is 16.7. The van der Waals surface area contributed by atoms with Crippen LogP contribution in [-0.4, -0.2) is 25.0 Å². The lowest BCUT2D eigenvalue weighted by molar-refractivity contribution is -0.118. The maximum Gasteiger partial charge on any atom is 0.251 e. The SMILES string of the molecule is COCc1ccc(C(=O)N[C@H](CC(N)=O)C2CCCCC2)cc1.